The average Bonchev–Trinajstić information content (AvgIpc) is 3.37. The Morgan fingerprint density at radius 2 is 2.12 bits per heavy atom. The number of likely N-dealkylation sites (tertiary alicyclic amines) is 1. The summed E-state index contributed by atoms with van der Waals surface area (Å²) >= 11 is 6.03. The van der Waals surface area contributed by atoms with E-state index in [1.807, 2.05) is 12.1 Å². The molecule has 0 bridgehead atoms. The van der Waals surface area contributed by atoms with Gasteiger partial charge in [-0.25, -0.2) is 4.79 Å². The molecule has 1 aromatic rings. The van der Waals surface area contributed by atoms with Gasteiger partial charge < -0.3 is 9.47 Å². The summed E-state index contributed by atoms with van der Waals surface area (Å²) in [5, 5.41) is 0. The molecule has 0 aromatic heterocycles. The zero-order chi connectivity index (χ0) is 17.2. The number of hydrogen-bond donors (Lipinski definition) is 0. The topological polar surface area (TPSA) is 38.8 Å². The maximum absolute atomic E-state index is 12.0. The summed E-state index contributed by atoms with van der Waals surface area (Å²) in [6.07, 6.45) is 3.97. The summed E-state index contributed by atoms with van der Waals surface area (Å²) in [7, 11) is 0. The smallest absolute Gasteiger partial charge is 0.338 e. The third kappa shape index (κ3) is 3.55. The Labute approximate surface area is 149 Å². The number of hydrogen-bond acceptors (Lipinski definition) is 4. The molecule has 1 aliphatic heterocycles. The molecule has 1 saturated carbocycles. The molecule has 5 heteroatoms. The molecule has 132 valence electrons. The van der Waals surface area contributed by atoms with Gasteiger partial charge in [0.05, 0.1) is 12.2 Å². The van der Waals surface area contributed by atoms with Gasteiger partial charge in [-0.3, -0.25) is 4.90 Å². The lowest BCUT2D eigenvalue weighted by molar-refractivity contribution is 0.0284. The van der Waals surface area contributed by atoms with Crippen molar-refractivity contribution in [3.05, 3.63) is 29.3 Å². The SMILES string of the molecule is CCOC(=O)c1ccc(O[C@H]2CN(CC)CCC23CC3)cc1CCl. The molecule has 0 radical (unpaired) electrons. The Bertz CT molecular complexity index is 600. The van der Waals surface area contributed by atoms with Crippen LogP contribution in [-0.2, 0) is 10.6 Å². The van der Waals surface area contributed by atoms with Crippen molar-refractivity contribution in [1.82, 2.24) is 4.90 Å². The summed E-state index contributed by atoms with van der Waals surface area (Å²) in [5.41, 5.74) is 1.66. The van der Waals surface area contributed by atoms with Crippen molar-refractivity contribution in [2.45, 2.75) is 45.1 Å². The molecule has 1 spiro atoms. The summed E-state index contributed by atoms with van der Waals surface area (Å²) < 4.78 is 11.4. The van der Waals surface area contributed by atoms with Crippen LogP contribution in [-0.4, -0.2) is 43.2 Å². The van der Waals surface area contributed by atoms with Gasteiger partial charge in [-0.1, -0.05) is 6.92 Å². The Hall–Kier alpha value is -1.26. The Balaban J connectivity index is 1.76. The summed E-state index contributed by atoms with van der Waals surface area (Å²) in [6.45, 7) is 7.56. The first-order valence-electron chi connectivity index (χ1n) is 8.87. The number of rotatable bonds is 6. The van der Waals surface area contributed by atoms with Crippen LogP contribution in [0.1, 0.15) is 49.0 Å². The highest BCUT2D eigenvalue weighted by atomic mass is 35.5. The van der Waals surface area contributed by atoms with Crippen molar-refractivity contribution >= 4 is 17.6 Å². The van der Waals surface area contributed by atoms with E-state index in [9.17, 15) is 4.79 Å². The number of esters is 1. The van der Waals surface area contributed by atoms with E-state index < -0.39 is 0 Å². The average molecular weight is 352 g/mol. The molecule has 1 heterocycles. The highest BCUT2D eigenvalue weighted by molar-refractivity contribution is 6.17. The van der Waals surface area contributed by atoms with E-state index in [2.05, 4.69) is 11.8 Å². The first-order valence-corrected chi connectivity index (χ1v) is 9.40. The van der Waals surface area contributed by atoms with Gasteiger partial charge in [-0.05, 0) is 63.0 Å². The number of carbonyl (C=O) groups excluding carboxylic acids is 1. The van der Waals surface area contributed by atoms with Gasteiger partial charge in [0.15, 0.2) is 0 Å². The largest absolute Gasteiger partial charge is 0.489 e. The maximum Gasteiger partial charge on any atom is 0.338 e. The number of likely N-dealkylation sites (N-methyl/N-ethyl adjacent to an activating group) is 1. The van der Waals surface area contributed by atoms with Gasteiger partial charge in [0.1, 0.15) is 11.9 Å². The Morgan fingerprint density at radius 3 is 2.75 bits per heavy atom. The molecular weight excluding hydrogens is 326 g/mol. The van der Waals surface area contributed by atoms with Gasteiger partial charge in [-0.2, -0.15) is 0 Å². The van der Waals surface area contributed by atoms with Gasteiger partial charge in [0.2, 0.25) is 0 Å². The molecule has 2 fully saturated rings. The van der Waals surface area contributed by atoms with Gasteiger partial charge in [0, 0.05) is 17.8 Å². The minimum atomic E-state index is -0.326. The number of benzene rings is 1. The number of alkyl halides is 1. The predicted molar refractivity (Wildman–Crippen MR) is 94.8 cm³/mol. The normalized spacial score (nSPS) is 22.4. The van der Waals surface area contributed by atoms with E-state index in [-0.39, 0.29) is 18.0 Å². The maximum atomic E-state index is 12.0. The van der Waals surface area contributed by atoms with Crippen LogP contribution in [0, 0.1) is 5.41 Å². The molecule has 0 unspecified atom stereocenters. The highest BCUT2D eigenvalue weighted by Gasteiger charge is 2.53. The van der Waals surface area contributed by atoms with Crippen molar-refractivity contribution in [2.75, 3.05) is 26.2 Å². The van der Waals surface area contributed by atoms with E-state index in [0.29, 0.717) is 17.6 Å². The predicted octanol–water partition coefficient (Wildman–Crippen LogP) is 3.86. The van der Waals surface area contributed by atoms with Crippen LogP contribution < -0.4 is 4.74 Å². The van der Waals surface area contributed by atoms with Crippen molar-refractivity contribution in [1.29, 1.82) is 0 Å². The Kier molecular flexibility index (Phi) is 5.36. The van der Waals surface area contributed by atoms with E-state index >= 15 is 0 Å². The van der Waals surface area contributed by atoms with Crippen LogP contribution in [0.2, 0.25) is 0 Å². The van der Waals surface area contributed by atoms with Crippen molar-refractivity contribution < 1.29 is 14.3 Å². The standard InChI is InChI=1S/C19H26ClNO3/c1-3-21-10-9-19(7-8-19)17(13-21)24-15-5-6-16(14(11-15)12-20)18(22)23-4-2/h5-6,11,17H,3-4,7-10,12-13H2,1-2H3/t17-/m0/s1. The van der Waals surface area contributed by atoms with E-state index in [4.69, 9.17) is 21.1 Å². The molecule has 1 atom stereocenters. The molecule has 24 heavy (non-hydrogen) atoms. The first-order chi connectivity index (χ1) is 11.6. The molecule has 1 aromatic carbocycles. The number of ether oxygens (including phenoxy) is 2. The van der Waals surface area contributed by atoms with Crippen molar-refractivity contribution in [3.8, 4) is 5.75 Å². The van der Waals surface area contributed by atoms with Crippen LogP contribution in [0.25, 0.3) is 0 Å². The second-order valence-electron chi connectivity index (χ2n) is 6.79. The molecule has 0 amide bonds. The van der Waals surface area contributed by atoms with Crippen LogP contribution in [0.3, 0.4) is 0 Å². The fourth-order valence-corrected chi connectivity index (χ4v) is 3.79. The third-order valence-corrected chi connectivity index (χ3v) is 5.65. The summed E-state index contributed by atoms with van der Waals surface area (Å²) in [5.74, 6) is 0.739. The molecule has 0 N–H and O–H groups in total. The zero-order valence-corrected chi connectivity index (χ0v) is 15.3. The molecule has 4 nitrogen and oxygen atoms in total. The Morgan fingerprint density at radius 1 is 1.33 bits per heavy atom. The van der Waals surface area contributed by atoms with Crippen LogP contribution in [0.15, 0.2) is 18.2 Å². The van der Waals surface area contributed by atoms with Gasteiger partial charge >= 0.3 is 5.97 Å². The first kappa shape index (κ1) is 17.6. The lowest BCUT2D eigenvalue weighted by Gasteiger charge is -2.38. The zero-order valence-electron chi connectivity index (χ0n) is 14.5. The second kappa shape index (κ2) is 7.32. The van der Waals surface area contributed by atoms with Crippen LogP contribution >= 0.6 is 11.6 Å². The van der Waals surface area contributed by atoms with Crippen LogP contribution in [0.4, 0.5) is 0 Å². The summed E-state index contributed by atoms with van der Waals surface area (Å²) in [6, 6.07) is 5.52. The van der Waals surface area contributed by atoms with Crippen molar-refractivity contribution in [3.63, 3.8) is 0 Å². The van der Waals surface area contributed by atoms with E-state index in [0.717, 1.165) is 24.4 Å². The fraction of sp³-hybridized carbons (Fsp3) is 0.632. The number of carbonyl (C=O) groups is 1. The number of nitrogens with zero attached hydrogens (tertiary/aromatic N) is 1. The minimum Gasteiger partial charge on any atom is -0.489 e. The number of halogens is 1. The van der Waals surface area contributed by atoms with Gasteiger partial charge in [-0.15, -0.1) is 11.6 Å². The lowest BCUT2D eigenvalue weighted by Crippen LogP contribution is -2.47. The van der Waals surface area contributed by atoms with Crippen LogP contribution in [0.5, 0.6) is 5.75 Å². The highest BCUT2D eigenvalue weighted by Crippen LogP contribution is 2.54. The molecule has 3 rings (SSSR count). The van der Waals surface area contributed by atoms with Gasteiger partial charge in [0.25, 0.3) is 0 Å². The summed E-state index contributed by atoms with van der Waals surface area (Å²) in [4.78, 5) is 14.4. The van der Waals surface area contributed by atoms with E-state index in [1.54, 1.807) is 13.0 Å². The van der Waals surface area contributed by atoms with Crippen molar-refractivity contribution in [2.24, 2.45) is 5.41 Å². The molecule has 1 saturated heterocycles. The molecular formula is C19H26ClNO3. The minimum absolute atomic E-state index is 0.225. The fourth-order valence-electron chi connectivity index (χ4n) is 3.57. The second-order valence-corrected chi connectivity index (χ2v) is 7.05. The molecule has 1 aliphatic carbocycles. The monoisotopic (exact) mass is 351 g/mol. The quantitative estimate of drug-likeness (QED) is 0.576. The lowest BCUT2D eigenvalue weighted by atomic mass is 9.90. The number of piperidine rings is 1. The molecule has 2 aliphatic rings. The third-order valence-electron chi connectivity index (χ3n) is 5.37. The van der Waals surface area contributed by atoms with E-state index in [1.165, 1.54) is 25.8 Å².